The van der Waals surface area contributed by atoms with Crippen LogP contribution in [0.2, 0.25) is 0 Å². The minimum absolute atomic E-state index is 0.330. The molecule has 1 aliphatic rings. The van der Waals surface area contributed by atoms with Crippen LogP contribution < -0.4 is 5.32 Å². The number of hydrogen-bond acceptors (Lipinski definition) is 4. The van der Waals surface area contributed by atoms with Crippen LogP contribution in [0.1, 0.15) is 20.3 Å². The Bertz CT molecular complexity index is 580. The summed E-state index contributed by atoms with van der Waals surface area (Å²) < 4.78 is 25.3. The van der Waals surface area contributed by atoms with Crippen LogP contribution in [0.15, 0.2) is 29.2 Å². The van der Waals surface area contributed by atoms with Crippen molar-refractivity contribution in [2.24, 2.45) is 5.41 Å². The zero-order valence-electron chi connectivity index (χ0n) is 13.1. The zero-order chi connectivity index (χ0) is 15.7. The molecule has 118 valence electrons. The van der Waals surface area contributed by atoms with Gasteiger partial charge in [-0.25, -0.2) is 12.7 Å². The van der Waals surface area contributed by atoms with E-state index in [1.165, 1.54) is 10.1 Å². The molecule has 0 amide bonds. The molecule has 1 fully saturated rings. The van der Waals surface area contributed by atoms with Crippen molar-refractivity contribution >= 4 is 27.5 Å². The van der Waals surface area contributed by atoms with Gasteiger partial charge in [0.25, 0.3) is 0 Å². The van der Waals surface area contributed by atoms with Gasteiger partial charge in [-0.05, 0) is 41.9 Å². The van der Waals surface area contributed by atoms with E-state index in [0.717, 1.165) is 17.9 Å². The minimum atomic E-state index is -3.34. The molecule has 1 heterocycles. The molecule has 1 aromatic rings. The molecule has 1 saturated heterocycles. The second-order valence-corrected chi connectivity index (χ2v) is 9.72. The first-order valence-corrected chi connectivity index (χ1v) is 9.67. The molecule has 2 rings (SSSR count). The summed E-state index contributed by atoms with van der Waals surface area (Å²) in [6.07, 6.45) is 1.14. The van der Waals surface area contributed by atoms with Gasteiger partial charge in [0.15, 0.2) is 0 Å². The number of nitrogens with one attached hydrogen (secondary N) is 1. The van der Waals surface area contributed by atoms with Gasteiger partial charge in [0.1, 0.15) is 0 Å². The zero-order valence-corrected chi connectivity index (χ0v) is 14.7. The van der Waals surface area contributed by atoms with E-state index in [4.69, 9.17) is 0 Å². The molecule has 4 nitrogen and oxygen atoms in total. The first kappa shape index (κ1) is 16.6. The van der Waals surface area contributed by atoms with Crippen molar-refractivity contribution in [2.75, 3.05) is 30.9 Å². The van der Waals surface area contributed by atoms with E-state index in [2.05, 4.69) is 19.2 Å². The highest BCUT2D eigenvalue weighted by Gasteiger charge is 2.28. The molecule has 1 aromatic carbocycles. The lowest BCUT2D eigenvalue weighted by atomic mass is 9.88. The summed E-state index contributed by atoms with van der Waals surface area (Å²) in [5, 5.41) is 3.52. The monoisotopic (exact) mass is 328 g/mol. The predicted molar refractivity (Wildman–Crippen MR) is 90.4 cm³/mol. The Labute approximate surface area is 132 Å². The van der Waals surface area contributed by atoms with E-state index in [-0.39, 0.29) is 0 Å². The largest absolute Gasteiger partial charge is 0.381 e. The van der Waals surface area contributed by atoms with Crippen molar-refractivity contribution in [1.29, 1.82) is 0 Å². The van der Waals surface area contributed by atoms with E-state index in [1.807, 2.05) is 23.9 Å². The Hall–Kier alpha value is -0.720. The molecule has 0 saturated carbocycles. The molecule has 0 spiro atoms. The van der Waals surface area contributed by atoms with Crippen molar-refractivity contribution in [3.8, 4) is 0 Å². The molecule has 6 heteroatoms. The summed E-state index contributed by atoms with van der Waals surface area (Å²) in [6, 6.07) is 7.47. The molecular formula is C15H24N2O2S2. The van der Waals surface area contributed by atoms with Gasteiger partial charge >= 0.3 is 0 Å². The number of sulfonamides is 1. The molecular weight excluding hydrogens is 304 g/mol. The highest BCUT2D eigenvalue weighted by atomic mass is 32.2. The highest BCUT2D eigenvalue weighted by molar-refractivity contribution is 7.99. The van der Waals surface area contributed by atoms with Crippen LogP contribution in [0.5, 0.6) is 0 Å². The molecule has 21 heavy (non-hydrogen) atoms. The van der Waals surface area contributed by atoms with Crippen LogP contribution in [-0.4, -0.2) is 44.4 Å². The van der Waals surface area contributed by atoms with Gasteiger partial charge in [-0.15, -0.1) is 0 Å². The highest BCUT2D eigenvalue weighted by Crippen LogP contribution is 2.34. The lowest BCUT2D eigenvalue weighted by molar-refractivity contribution is 0.358. The molecule has 1 atom stereocenters. The maximum atomic E-state index is 12.0. The number of nitrogens with zero attached hydrogens (tertiary/aromatic N) is 1. The maximum Gasteiger partial charge on any atom is 0.242 e. The number of hydrogen-bond donors (Lipinski definition) is 1. The summed E-state index contributed by atoms with van der Waals surface area (Å²) in [5.74, 6) is 2.30. The third-order valence-electron chi connectivity index (χ3n) is 3.61. The fourth-order valence-corrected chi connectivity index (χ4v) is 4.70. The Morgan fingerprint density at radius 1 is 1.24 bits per heavy atom. The van der Waals surface area contributed by atoms with Gasteiger partial charge in [-0.2, -0.15) is 11.8 Å². The molecule has 1 N–H and O–H groups in total. The Kier molecular flexibility index (Phi) is 4.90. The van der Waals surface area contributed by atoms with Crippen molar-refractivity contribution < 1.29 is 8.42 Å². The lowest BCUT2D eigenvalue weighted by Crippen LogP contribution is -2.35. The number of rotatable bonds is 4. The second kappa shape index (κ2) is 6.18. The van der Waals surface area contributed by atoms with E-state index < -0.39 is 10.0 Å². The topological polar surface area (TPSA) is 49.4 Å². The van der Waals surface area contributed by atoms with Crippen LogP contribution >= 0.6 is 11.8 Å². The van der Waals surface area contributed by atoms with E-state index >= 15 is 0 Å². The summed E-state index contributed by atoms with van der Waals surface area (Å²) in [4.78, 5) is 0.330. The lowest BCUT2D eigenvalue weighted by Gasteiger charge is -2.35. The van der Waals surface area contributed by atoms with Crippen LogP contribution in [0, 0.1) is 5.41 Å². The van der Waals surface area contributed by atoms with Crippen LogP contribution in [0.4, 0.5) is 5.69 Å². The average Bonchev–Trinajstić information content (AvgIpc) is 2.38. The molecule has 1 unspecified atom stereocenters. The molecule has 0 aromatic heterocycles. The first-order valence-electron chi connectivity index (χ1n) is 7.08. The van der Waals surface area contributed by atoms with Gasteiger partial charge in [0.05, 0.1) is 4.90 Å². The summed E-state index contributed by atoms with van der Waals surface area (Å²) in [7, 11) is -0.255. The Morgan fingerprint density at radius 2 is 1.86 bits per heavy atom. The molecule has 1 aliphatic heterocycles. The van der Waals surface area contributed by atoms with Gasteiger partial charge in [0, 0.05) is 31.6 Å². The number of anilines is 1. The first-order chi connectivity index (χ1) is 9.71. The van der Waals surface area contributed by atoms with Crippen LogP contribution in [-0.2, 0) is 10.0 Å². The Balaban J connectivity index is 2.06. The fourth-order valence-electron chi connectivity index (χ4n) is 2.52. The second-order valence-electron chi connectivity index (χ2n) is 6.54. The van der Waals surface area contributed by atoms with Gasteiger partial charge in [0.2, 0.25) is 10.0 Å². The van der Waals surface area contributed by atoms with Crippen molar-refractivity contribution in [3.05, 3.63) is 24.3 Å². The maximum absolute atomic E-state index is 12.0. The van der Waals surface area contributed by atoms with E-state index in [1.54, 1.807) is 26.2 Å². The fraction of sp³-hybridized carbons (Fsp3) is 0.600. The van der Waals surface area contributed by atoms with E-state index in [0.29, 0.717) is 16.4 Å². The van der Waals surface area contributed by atoms with Gasteiger partial charge in [-0.3, -0.25) is 0 Å². The number of thioether (sulfide) groups is 1. The minimum Gasteiger partial charge on any atom is -0.381 e. The molecule has 0 aliphatic carbocycles. The summed E-state index contributed by atoms with van der Waals surface area (Å²) in [6.45, 7) is 4.58. The summed E-state index contributed by atoms with van der Waals surface area (Å²) >= 11 is 1.98. The van der Waals surface area contributed by atoms with E-state index in [9.17, 15) is 8.42 Å². The van der Waals surface area contributed by atoms with Gasteiger partial charge < -0.3 is 5.32 Å². The normalized spacial score (nSPS) is 22.2. The van der Waals surface area contributed by atoms with Crippen molar-refractivity contribution in [3.63, 3.8) is 0 Å². The van der Waals surface area contributed by atoms with Crippen LogP contribution in [0.3, 0.4) is 0 Å². The SMILES string of the molecule is CN(C)S(=O)(=O)c1ccc(NC2CSCC(C)(C)C2)cc1. The number of benzene rings is 1. The third kappa shape index (κ3) is 4.14. The Morgan fingerprint density at radius 3 is 2.38 bits per heavy atom. The standard InChI is InChI=1S/C15H24N2O2S2/c1-15(2)9-13(10-20-11-15)16-12-5-7-14(8-6-12)21(18,19)17(3)4/h5-8,13,16H,9-11H2,1-4H3. The third-order valence-corrected chi connectivity index (χ3v) is 7.07. The molecule has 0 bridgehead atoms. The average molecular weight is 329 g/mol. The molecule has 0 radical (unpaired) electrons. The predicted octanol–water partition coefficient (Wildman–Crippen LogP) is 2.88. The van der Waals surface area contributed by atoms with Crippen molar-refractivity contribution in [1.82, 2.24) is 4.31 Å². The van der Waals surface area contributed by atoms with Crippen molar-refractivity contribution in [2.45, 2.75) is 31.2 Å². The smallest absolute Gasteiger partial charge is 0.242 e. The van der Waals surface area contributed by atoms with Crippen LogP contribution in [0.25, 0.3) is 0 Å². The van der Waals surface area contributed by atoms with Gasteiger partial charge in [-0.1, -0.05) is 13.8 Å². The quantitative estimate of drug-likeness (QED) is 0.923. The summed E-state index contributed by atoms with van der Waals surface area (Å²) in [5.41, 5.74) is 1.34.